The molecular formula is C66H105NO10. The van der Waals surface area contributed by atoms with Crippen molar-refractivity contribution in [2.24, 2.45) is 0 Å². The molecule has 0 bridgehead atoms. The SMILES string of the molecule is CCCCCCCC/C=C\CCCCCCCC(=O)OCC(COC(=O)CCCCCCC/C=C\CCCCCCCC)OC(=O)CCCCCCCCCNC(=O)Oc1ccc(/C=C/c2cc(OC)cc(OC)c2)cc1. The normalized spacial score (nSPS) is 11.5. The Hall–Kier alpha value is -5.06. The third kappa shape index (κ3) is 40.8. The highest BCUT2D eigenvalue weighted by molar-refractivity contribution is 5.73. The van der Waals surface area contributed by atoms with E-state index in [9.17, 15) is 19.2 Å². The maximum absolute atomic E-state index is 12.9. The van der Waals surface area contributed by atoms with Crippen LogP contribution in [0.5, 0.6) is 17.2 Å². The lowest BCUT2D eigenvalue weighted by Crippen LogP contribution is -2.30. The van der Waals surface area contributed by atoms with E-state index in [-0.39, 0.29) is 37.5 Å². The molecule has 0 heterocycles. The van der Waals surface area contributed by atoms with Gasteiger partial charge in [0.2, 0.25) is 0 Å². The van der Waals surface area contributed by atoms with Gasteiger partial charge in [0.05, 0.1) is 14.2 Å². The van der Waals surface area contributed by atoms with E-state index >= 15 is 0 Å². The van der Waals surface area contributed by atoms with E-state index < -0.39 is 12.2 Å². The number of rotatable bonds is 50. The second kappa shape index (κ2) is 49.2. The molecule has 0 saturated carbocycles. The summed E-state index contributed by atoms with van der Waals surface area (Å²) >= 11 is 0. The number of benzene rings is 2. The lowest BCUT2D eigenvalue weighted by Gasteiger charge is -2.18. The van der Waals surface area contributed by atoms with Gasteiger partial charge in [-0.05, 0) is 112 Å². The monoisotopic (exact) mass is 1070 g/mol. The predicted octanol–water partition coefficient (Wildman–Crippen LogP) is 18.2. The van der Waals surface area contributed by atoms with Gasteiger partial charge in [-0.2, -0.15) is 0 Å². The van der Waals surface area contributed by atoms with Crippen LogP contribution in [-0.4, -0.2) is 64.1 Å². The highest BCUT2D eigenvalue weighted by Gasteiger charge is 2.20. The van der Waals surface area contributed by atoms with Gasteiger partial charge in [0, 0.05) is 31.9 Å². The summed E-state index contributed by atoms with van der Waals surface area (Å²) in [6.45, 7) is 4.78. The number of esters is 3. The average molecular weight is 1070 g/mol. The molecule has 0 spiro atoms. The van der Waals surface area contributed by atoms with Crippen LogP contribution >= 0.6 is 0 Å². The van der Waals surface area contributed by atoms with Gasteiger partial charge in [0.15, 0.2) is 6.10 Å². The molecule has 0 fully saturated rings. The third-order valence-corrected chi connectivity index (χ3v) is 13.7. The Morgan fingerprint density at radius 1 is 0.429 bits per heavy atom. The molecule has 2 aromatic carbocycles. The van der Waals surface area contributed by atoms with Gasteiger partial charge in [-0.3, -0.25) is 14.4 Å². The number of carbonyl (C=O) groups excluding carboxylic acids is 4. The Bertz CT molecular complexity index is 1800. The molecule has 434 valence electrons. The Kier molecular flexibility index (Phi) is 43.5. The van der Waals surface area contributed by atoms with Crippen molar-refractivity contribution < 1.29 is 47.6 Å². The minimum absolute atomic E-state index is 0.128. The second-order valence-electron chi connectivity index (χ2n) is 20.7. The summed E-state index contributed by atoms with van der Waals surface area (Å²) in [5.74, 6) is 0.868. The molecule has 11 nitrogen and oxygen atoms in total. The minimum atomic E-state index is -0.839. The molecule has 1 amide bonds. The molecule has 0 aromatic heterocycles. The summed E-state index contributed by atoms with van der Waals surface area (Å²) in [4.78, 5) is 50.7. The zero-order chi connectivity index (χ0) is 55.5. The van der Waals surface area contributed by atoms with Crippen molar-refractivity contribution in [3.8, 4) is 17.2 Å². The fourth-order valence-electron chi connectivity index (χ4n) is 8.93. The summed E-state index contributed by atoms with van der Waals surface area (Å²) < 4.78 is 33.0. The van der Waals surface area contributed by atoms with Gasteiger partial charge in [-0.15, -0.1) is 0 Å². The van der Waals surface area contributed by atoms with E-state index in [0.717, 1.165) is 114 Å². The first-order valence-corrected chi connectivity index (χ1v) is 30.5. The van der Waals surface area contributed by atoms with Crippen LogP contribution in [0.15, 0.2) is 66.8 Å². The zero-order valence-corrected chi connectivity index (χ0v) is 48.7. The molecule has 77 heavy (non-hydrogen) atoms. The summed E-state index contributed by atoms with van der Waals surface area (Å²) in [5.41, 5.74) is 1.90. The summed E-state index contributed by atoms with van der Waals surface area (Å²) in [7, 11) is 3.24. The van der Waals surface area contributed by atoms with Crippen LogP contribution in [0.2, 0.25) is 0 Å². The Morgan fingerprint density at radius 3 is 1.23 bits per heavy atom. The van der Waals surface area contributed by atoms with Gasteiger partial charge < -0.3 is 33.7 Å². The number of hydrogen-bond acceptors (Lipinski definition) is 10. The first kappa shape index (κ1) is 68.0. The fraction of sp³-hybridized carbons (Fsp3) is 0.667. The maximum Gasteiger partial charge on any atom is 0.412 e. The standard InChI is InChI=1S/C66H105NO10/c1-5-7-9-11-13-15-17-19-21-23-25-27-30-34-38-42-63(68)74-55-62(56-75-64(69)43-39-35-31-28-26-24-22-20-18-16-14-12-10-8-6-2)76-65(70)44-40-36-32-29-33-37-41-51-67-66(71)77-59-49-47-57(48-50-59)45-46-58-52-60(72-3)54-61(53-58)73-4/h19-22,45-50,52-54,62H,5-18,23-44,51,55-56H2,1-4H3,(H,67,71)/b21-19-,22-20-,46-45+. The lowest BCUT2D eigenvalue weighted by molar-refractivity contribution is -0.167. The number of ether oxygens (including phenoxy) is 6. The van der Waals surface area contributed by atoms with Crippen molar-refractivity contribution in [3.63, 3.8) is 0 Å². The largest absolute Gasteiger partial charge is 0.497 e. The zero-order valence-electron chi connectivity index (χ0n) is 48.7. The van der Waals surface area contributed by atoms with E-state index in [4.69, 9.17) is 28.4 Å². The van der Waals surface area contributed by atoms with Crippen LogP contribution in [-0.2, 0) is 28.6 Å². The van der Waals surface area contributed by atoms with Gasteiger partial charge >= 0.3 is 24.0 Å². The van der Waals surface area contributed by atoms with E-state index in [1.165, 1.54) is 103 Å². The number of amides is 1. The van der Waals surface area contributed by atoms with Crippen LogP contribution in [0.25, 0.3) is 12.2 Å². The molecule has 0 aliphatic rings. The van der Waals surface area contributed by atoms with Gasteiger partial charge in [0.1, 0.15) is 30.5 Å². The van der Waals surface area contributed by atoms with Crippen molar-refractivity contribution in [3.05, 3.63) is 77.9 Å². The number of methoxy groups -OCH3 is 2. The molecule has 0 atom stereocenters. The molecule has 0 unspecified atom stereocenters. The number of carbonyl (C=O) groups is 4. The minimum Gasteiger partial charge on any atom is -0.497 e. The Morgan fingerprint density at radius 2 is 0.805 bits per heavy atom. The second-order valence-corrected chi connectivity index (χ2v) is 20.7. The predicted molar refractivity (Wildman–Crippen MR) is 317 cm³/mol. The summed E-state index contributed by atoms with van der Waals surface area (Å²) in [6.07, 6.45) is 50.0. The van der Waals surface area contributed by atoms with Crippen LogP contribution in [0.1, 0.15) is 256 Å². The van der Waals surface area contributed by atoms with E-state index in [2.05, 4.69) is 43.5 Å². The van der Waals surface area contributed by atoms with Crippen molar-refractivity contribution in [1.82, 2.24) is 5.32 Å². The van der Waals surface area contributed by atoms with Crippen LogP contribution < -0.4 is 19.5 Å². The highest BCUT2D eigenvalue weighted by Crippen LogP contribution is 2.24. The molecular weight excluding hydrogens is 967 g/mol. The van der Waals surface area contributed by atoms with Crippen LogP contribution in [0, 0.1) is 0 Å². The molecule has 0 saturated heterocycles. The Balaban J connectivity index is 1.63. The maximum atomic E-state index is 12.9. The molecule has 11 heteroatoms. The molecule has 0 aliphatic carbocycles. The number of unbranched alkanes of at least 4 members (excludes halogenated alkanes) is 28. The van der Waals surface area contributed by atoms with Crippen molar-refractivity contribution >= 4 is 36.2 Å². The molecule has 1 N–H and O–H groups in total. The Labute approximate surface area is 467 Å². The van der Waals surface area contributed by atoms with Gasteiger partial charge in [0.25, 0.3) is 0 Å². The van der Waals surface area contributed by atoms with Crippen molar-refractivity contribution in [2.75, 3.05) is 34.0 Å². The molecule has 0 radical (unpaired) electrons. The fourth-order valence-corrected chi connectivity index (χ4v) is 8.93. The van der Waals surface area contributed by atoms with E-state index in [1.54, 1.807) is 26.4 Å². The molecule has 2 aromatic rings. The van der Waals surface area contributed by atoms with Crippen LogP contribution in [0.4, 0.5) is 4.79 Å². The first-order chi connectivity index (χ1) is 37.8. The van der Waals surface area contributed by atoms with Gasteiger partial charge in [-0.1, -0.05) is 197 Å². The third-order valence-electron chi connectivity index (χ3n) is 13.7. The smallest absolute Gasteiger partial charge is 0.412 e. The number of nitrogens with one attached hydrogen (secondary N) is 1. The number of hydrogen-bond donors (Lipinski definition) is 1. The van der Waals surface area contributed by atoms with E-state index in [0.29, 0.717) is 43.1 Å². The lowest BCUT2D eigenvalue weighted by atomic mass is 10.1. The number of allylic oxidation sites excluding steroid dienone is 4. The summed E-state index contributed by atoms with van der Waals surface area (Å²) in [6, 6.07) is 13.0. The van der Waals surface area contributed by atoms with E-state index in [1.807, 2.05) is 42.5 Å². The average Bonchev–Trinajstić information content (AvgIpc) is 3.43. The topological polar surface area (TPSA) is 136 Å². The highest BCUT2D eigenvalue weighted by atomic mass is 16.6. The van der Waals surface area contributed by atoms with Gasteiger partial charge in [-0.25, -0.2) is 4.79 Å². The first-order valence-electron chi connectivity index (χ1n) is 30.5. The quantitative estimate of drug-likeness (QED) is 0.0224. The van der Waals surface area contributed by atoms with Crippen molar-refractivity contribution in [2.45, 2.75) is 251 Å². The molecule has 2 rings (SSSR count). The van der Waals surface area contributed by atoms with Crippen LogP contribution in [0.3, 0.4) is 0 Å². The van der Waals surface area contributed by atoms with Crippen molar-refractivity contribution in [1.29, 1.82) is 0 Å². The summed E-state index contributed by atoms with van der Waals surface area (Å²) in [5, 5.41) is 2.83. The molecule has 0 aliphatic heterocycles.